The van der Waals surface area contributed by atoms with Crippen LogP contribution in [0.5, 0.6) is 5.75 Å². The maximum Gasteiger partial charge on any atom is 0.301 e. The maximum atomic E-state index is 13.1. The van der Waals surface area contributed by atoms with Gasteiger partial charge >= 0.3 is 10.2 Å². The molecule has 1 aromatic carbocycles. The molecule has 1 heterocycles. The van der Waals surface area contributed by atoms with Gasteiger partial charge in [-0.25, -0.2) is 4.39 Å². The summed E-state index contributed by atoms with van der Waals surface area (Å²) in [4.78, 5) is 0. The predicted octanol–water partition coefficient (Wildman–Crippen LogP) is 1.16. The lowest BCUT2D eigenvalue weighted by Gasteiger charge is -2.30. The Morgan fingerprint density at radius 1 is 1.43 bits per heavy atom. The second-order valence-electron chi connectivity index (χ2n) is 5.03. The van der Waals surface area contributed by atoms with E-state index in [-0.39, 0.29) is 11.4 Å². The molecule has 1 saturated heterocycles. The third-order valence-corrected chi connectivity index (χ3v) is 5.17. The van der Waals surface area contributed by atoms with Gasteiger partial charge in [0.2, 0.25) is 0 Å². The molecule has 1 aromatic rings. The van der Waals surface area contributed by atoms with E-state index in [2.05, 4.69) is 4.72 Å². The zero-order valence-electron chi connectivity index (χ0n) is 11.9. The first-order valence-corrected chi connectivity index (χ1v) is 8.21. The van der Waals surface area contributed by atoms with Crippen molar-refractivity contribution in [2.75, 3.05) is 31.5 Å². The summed E-state index contributed by atoms with van der Waals surface area (Å²) in [7, 11) is -2.31. The van der Waals surface area contributed by atoms with Crippen molar-refractivity contribution in [1.82, 2.24) is 4.31 Å². The number of anilines is 1. The number of ether oxygens (including phenoxy) is 1. The monoisotopic (exact) mass is 317 g/mol. The number of nitrogens with two attached hydrogens (primary N) is 1. The molecule has 0 amide bonds. The number of hydrogen-bond donors (Lipinski definition) is 2. The lowest BCUT2D eigenvalue weighted by Crippen LogP contribution is -2.42. The average molecular weight is 317 g/mol. The lowest BCUT2D eigenvalue weighted by molar-refractivity contribution is 0.279. The molecule has 118 valence electrons. The molecule has 0 bridgehead atoms. The summed E-state index contributed by atoms with van der Waals surface area (Å²) in [6.07, 6.45) is 1.50. The Kier molecular flexibility index (Phi) is 5.02. The van der Waals surface area contributed by atoms with E-state index in [0.717, 1.165) is 18.9 Å². The summed E-state index contributed by atoms with van der Waals surface area (Å²) < 4.78 is 46.6. The van der Waals surface area contributed by atoms with Crippen molar-refractivity contribution in [1.29, 1.82) is 0 Å². The van der Waals surface area contributed by atoms with Crippen LogP contribution in [0.15, 0.2) is 18.2 Å². The Morgan fingerprint density at radius 3 is 2.67 bits per heavy atom. The summed E-state index contributed by atoms with van der Waals surface area (Å²) in [6.45, 7) is 1.44. The van der Waals surface area contributed by atoms with E-state index in [4.69, 9.17) is 10.5 Å². The summed E-state index contributed by atoms with van der Waals surface area (Å²) in [5, 5.41) is 0. The van der Waals surface area contributed by atoms with Gasteiger partial charge in [-0.15, -0.1) is 0 Å². The molecule has 0 spiro atoms. The van der Waals surface area contributed by atoms with Crippen LogP contribution in [-0.4, -0.2) is 39.5 Å². The van der Waals surface area contributed by atoms with Gasteiger partial charge in [0.05, 0.1) is 12.8 Å². The fourth-order valence-electron chi connectivity index (χ4n) is 2.34. The van der Waals surface area contributed by atoms with Gasteiger partial charge in [-0.3, -0.25) is 4.72 Å². The first kappa shape index (κ1) is 16.0. The van der Waals surface area contributed by atoms with E-state index in [0.29, 0.717) is 25.6 Å². The van der Waals surface area contributed by atoms with Crippen LogP contribution in [0.4, 0.5) is 10.1 Å². The normalized spacial score (nSPS) is 17.7. The number of nitrogens with zero attached hydrogens (tertiary/aromatic N) is 1. The number of nitrogens with one attached hydrogen (secondary N) is 1. The molecular weight excluding hydrogens is 297 g/mol. The number of methoxy groups -OCH3 is 1. The van der Waals surface area contributed by atoms with E-state index in [1.54, 1.807) is 0 Å². The Bertz CT molecular complexity index is 586. The quantitative estimate of drug-likeness (QED) is 0.853. The van der Waals surface area contributed by atoms with Gasteiger partial charge in [0.25, 0.3) is 0 Å². The third-order valence-electron chi connectivity index (χ3n) is 3.65. The number of hydrogen-bond acceptors (Lipinski definition) is 4. The summed E-state index contributed by atoms with van der Waals surface area (Å²) in [5.41, 5.74) is 5.82. The van der Waals surface area contributed by atoms with Crippen LogP contribution in [0, 0.1) is 11.7 Å². The molecule has 3 N–H and O–H groups in total. The number of piperidine rings is 1. The van der Waals surface area contributed by atoms with E-state index in [1.165, 1.54) is 23.5 Å². The highest BCUT2D eigenvalue weighted by atomic mass is 32.2. The summed E-state index contributed by atoms with van der Waals surface area (Å²) in [5.74, 6) is 0.0331. The summed E-state index contributed by atoms with van der Waals surface area (Å²) >= 11 is 0. The van der Waals surface area contributed by atoms with E-state index >= 15 is 0 Å². The highest BCUT2D eigenvalue weighted by molar-refractivity contribution is 7.90. The molecule has 1 aliphatic rings. The first-order valence-electron chi connectivity index (χ1n) is 6.77. The summed E-state index contributed by atoms with van der Waals surface area (Å²) in [6, 6.07) is 3.66. The van der Waals surface area contributed by atoms with Crippen molar-refractivity contribution in [2.24, 2.45) is 11.7 Å². The molecule has 0 atom stereocenters. The van der Waals surface area contributed by atoms with Gasteiger partial charge in [-0.05, 0) is 37.4 Å². The minimum Gasteiger partial charge on any atom is -0.494 e. The SMILES string of the molecule is COc1cc(F)ccc1NS(=O)(=O)N1CCC(CN)CC1. The van der Waals surface area contributed by atoms with Crippen molar-refractivity contribution in [3.8, 4) is 5.75 Å². The topological polar surface area (TPSA) is 84.7 Å². The van der Waals surface area contributed by atoms with Gasteiger partial charge in [-0.1, -0.05) is 0 Å². The van der Waals surface area contributed by atoms with Crippen molar-refractivity contribution in [3.63, 3.8) is 0 Å². The smallest absolute Gasteiger partial charge is 0.301 e. The molecule has 0 radical (unpaired) electrons. The standard InChI is InChI=1S/C13H20FN3O3S/c1-20-13-8-11(14)2-3-12(13)16-21(18,19)17-6-4-10(9-15)5-7-17/h2-3,8,10,16H,4-7,9,15H2,1H3. The molecule has 0 saturated carbocycles. The Labute approximate surface area is 124 Å². The molecule has 21 heavy (non-hydrogen) atoms. The largest absolute Gasteiger partial charge is 0.494 e. The maximum absolute atomic E-state index is 13.1. The van der Waals surface area contributed by atoms with Crippen LogP contribution in [0.2, 0.25) is 0 Å². The Morgan fingerprint density at radius 2 is 2.10 bits per heavy atom. The molecule has 1 aliphatic heterocycles. The van der Waals surface area contributed by atoms with Crippen molar-refractivity contribution >= 4 is 15.9 Å². The number of halogens is 1. The number of benzene rings is 1. The van der Waals surface area contributed by atoms with Crippen LogP contribution < -0.4 is 15.2 Å². The zero-order chi connectivity index (χ0) is 15.5. The minimum absolute atomic E-state index is 0.149. The van der Waals surface area contributed by atoms with Crippen LogP contribution in [0.3, 0.4) is 0 Å². The molecule has 1 fully saturated rings. The van der Waals surface area contributed by atoms with Crippen molar-refractivity contribution < 1.29 is 17.5 Å². The fourth-order valence-corrected chi connectivity index (χ4v) is 3.61. The zero-order valence-corrected chi connectivity index (χ0v) is 12.7. The third kappa shape index (κ3) is 3.84. The van der Waals surface area contributed by atoms with Crippen molar-refractivity contribution in [3.05, 3.63) is 24.0 Å². The van der Waals surface area contributed by atoms with Gasteiger partial charge in [-0.2, -0.15) is 12.7 Å². The van der Waals surface area contributed by atoms with Gasteiger partial charge in [0.15, 0.2) is 0 Å². The molecule has 8 heteroatoms. The van der Waals surface area contributed by atoms with Gasteiger partial charge in [0.1, 0.15) is 11.6 Å². The molecule has 6 nitrogen and oxygen atoms in total. The predicted molar refractivity (Wildman–Crippen MR) is 78.8 cm³/mol. The highest BCUT2D eigenvalue weighted by Crippen LogP contribution is 2.27. The van der Waals surface area contributed by atoms with Gasteiger partial charge in [0, 0.05) is 19.2 Å². The van der Waals surface area contributed by atoms with E-state index in [9.17, 15) is 12.8 Å². The molecular formula is C13H20FN3O3S. The van der Waals surface area contributed by atoms with E-state index in [1.807, 2.05) is 0 Å². The van der Waals surface area contributed by atoms with Gasteiger partial charge < -0.3 is 10.5 Å². The lowest BCUT2D eigenvalue weighted by atomic mass is 9.99. The second-order valence-corrected chi connectivity index (χ2v) is 6.70. The van der Waals surface area contributed by atoms with E-state index < -0.39 is 16.0 Å². The fraction of sp³-hybridized carbons (Fsp3) is 0.538. The minimum atomic E-state index is -3.67. The number of rotatable bonds is 5. The Balaban J connectivity index is 2.11. The Hall–Kier alpha value is -1.38. The second kappa shape index (κ2) is 6.59. The van der Waals surface area contributed by atoms with Crippen LogP contribution in [-0.2, 0) is 10.2 Å². The highest BCUT2D eigenvalue weighted by Gasteiger charge is 2.28. The molecule has 2 rings (SSSR count). The van der Waals surface area contributed by atoms with Crippen LogP contribution >= 0.6 is 0 Å². The molecule has 0 aromatic heterocycles. The van der Waals surface area contributed by atoms with Crippen LogP contribution in [0.25, 0.3) is 0 Å². The first-order chi connectivity index (χ1) is 9.96. The van der Waals surface area contributed by atoms with Crippen LogP contribution in [0.1, 0.15) is 12.8 Å². The molecule has 0 unspecified atom stereocenters. The average Bonchev–Trinajstić information content (AvgIpc) is 2.49. The van der Waals surface area contributed by atoms with Crippen molar-refractivity contribution in [2.45, 2.75) is 12.8 Å². The molecule has 0 aliphatic carbocycles.